The first-order valence-electron chi connectivity index (χ1n) is 10.9. The van der Waals surface area contributed by atoms with Gasteiger partial charge in [-0.3, -0.25) is 4.79 Å². The number of benzene rings is 3. The molecule has 0 saturated carbocycles. The van der Waals surface area contributed by atoms with E-state index in [0.29, 0.717) is 19.8 Å². The molecule has 1 N–H and O–H groups in total. The molecule has 1 saturated heterocycles. The molecule has 31 heavy (non-hydrogen) atoms. The Bertz CT molecular complexity index is 995. The van der Waals surface area contributed by atoms with Gasteiger partial charge in [-0.1, -0.05) is 60.7 Å². The number of hydrogen-bond donors (Lipinski definition) is 1. The van der Waals surface area contributed by atoms with Gasteiger partial charge in [0.1, 0.15) is 5.82 Å². The third-order valence-electron chi connectivity index (χ3n) is 6.28. The Balaban J connectivity index is 1.47. The Kier molecular flexibility index (Phi) is 6.78. The summed E-state index contributed by atoms with van der Waals surface area (Å²) in [4.78, 5) is 13.1. The van der Waals surface area contributed by atoms with E-state index < -0.39 is 0 Å². The Morgan fingerprint density at radius 2 is 1.55 bits per heavy atom. The van der Waals surface area contributed by atoms with Gasteiger partial charge in [-0.05, 0) is 60.6 Å². The fourth-order valence-corrected chi connectivity index (χ4v) is 4.36. The molecule has 0 radical (unpaired) electrons. The molecular weight excluding hydrogens is 389 g/mol. The van der Waals surface area contributed by atoms with E-state index in [1.807, 2.05) is 54.6 Å². The molecule has 0 atom stereocenters. The first-order chi connectivity index (χ1) is 15.2. The average molecular weight is 418 g/mol. The SMILES string of the molecule is O=C(NCC1(c2ccc(F)cc2)CCOCC1)c1ccccc1CCc1ccccc1. The van der Waals surface area contributed by atoms with E-state index >= 15 is 0 Å². The van der Waals surface area contributed by atoms with Crippen LogP contribution in [-0.4, -0.2) is 25.7 Å². The van der Waals surface area contributed by atoms with Crippen LogP contribution in [0.3, 0.4) is 0 Å². The number of carbonyl (C=O) groups excluding carboxylic acids is 1. The molecule has 3 aromatic carbocycles. The summed E-state index contributed by atoms with van der Waals surface area (Å²) in [6.07, 6.45) is 3.30. The van der Waals surface area contributed by atoms with Crippen LogP contribution in [0.5, 0.6) is 0 Å². The minimum absolute atomic E-state index is 0.0587. The molecule has 1 aliphatic rings. The smallest absolute Gasteiger partial charge is 0.251 e. The van der Waals surface area contributed by atoms with Gasteiger partial charge in [-0.15, -0.1) is 0 Å². The summed E-state index contributed by atoms with van der Waals surface area (Å²) < 4.78 is 19.0. The van der Waals surface area contributed by atoms with Crippen molar-refractivity contribution in [3.05, 3.63) is 107 Å². The fourth-order valence-electron chi connectivity index (χ4n) is 4.36. The van der Waals surface area contributed by atoms with Gasteiger partial charge in [0.15, 0.2) is 0 Å². The highest BCUT2D eigenvalue weighted by atomic mass is 19.1. The molecule has 1 amide bonds. The molecule has 1 heterocycles. The van der Waals surface area contributed by atoms with Gasteiger partial charge >= 0.3 is 0 Å². The van der Waals surface area contributed by atoms with Crippen molar-refractivity contribution in [3.63, 3.8) is 0 Å². The predicted molar refractivity (Wildman–Crippen MR) is 121 cm³/mol. The van der Waals surface area contributed by atoms with Crippen molar-refractivity contribution in [1.29, 1.82) is 0 Å². The number of aryl methyl sites for hydroxylation is 2. The molecule has 3 nitrogen and oxygen atoms in total. The van der Waals surface area contributed by atoms with Gasteiger partial charge < -0.3 is 10.1 Å². The van der Waals surface area contributed by atoms with Gasteiger partial charge in [0.2, 0.25) is 0 Å². The van der Waals surface area contributed by atoms with Crippen molar-refractivity contribution >= 4 is 5.91 Å². The maximum Gasteiger partial charge on any atom is 0.251 e. The van der Waals surface area contributed by atoms with Gasteiger partial charge in [0, 0.05) is 30.7 Å². The lowest BCUT2D eigenvalue weighted by atomic mass is 9.74. The van der Waals surface area contributed by atoms with Crippen LogP contribution in [0.1, 0.15) is 39.9 Å². The van der Waals surface area contributed by atoms with E-state index in [1.54, 1.807) is 0 Å². The van der Waals surface area contributed by atoms with Crippen molar-refractivity contribution < 1.29 is 13.9 Å². The molecule has 0 aromatic heterocycles. The summed E-state index contributed by atoms with van der Waals surface area (Å²) in [5, 5.41) is 3.17. The highest BCUT2D eigenvalue weighted by Crippen LogP contribution is 2.34. The summed E-state index contributed by atoms with van der Waals surface area (Å²) in [6, 6.07) is 24.8. The second-order valence-electron chi connectivity index (χ2n) is 8.23. The number of amides is 1. The first-order valence-corrected chi connectivity index (χ1v) is 10.9. The fraction of sp³-hybridized carbons (Fsp3) is 0.296. The number of nitrogens with one attached hydrogen (secondary N) is 1. The van der Waals surface area contributed by atoms with E-state index in [4.69, 9.17) is 4.74 Å². The summed E-state index contributed by atoms with van der Waals surface area (Å²) in [6.45, 7) is 1.79. The lowest BCUT2D eigenvalue weighted by Gasteiger charge is -2.38. The molecular formula is C27H28FNO2. The van der Waals surface area contributed by atoms with Gasteiger partial charge in [0.05, 0.1) is 0 Å². The molecule has 4 rings (SSSR count). The van der Waals surface area contributed by atoms with Crippen LogP contribution in [0.4, 0.5) is 4.39 Å². The van der Waals surface area contributed by atoms with Gasteiger partial charge in [-0.25, -0.2) is 4.39 Å². The Hall–Kier alpha value is -2.98. The predicted octanol–water partition coefficient (Wildman–Crippen LogP) is 5.09. The largest absolute Gasteiger partial charge is 0.381 e. The molecule has 0 bridgehead atoms. The maximum atomic E-state index is 13.5. The van der Waals surface area contributed by atoms with E-state index in [-0.39, 0.29) is 17.1 Å². The third kappa shape index (κ3) is 5.20. The number of carbonyl (C=O) groups is 1. The lowest BCUT2D eigenvalue weighted by molar-refractivity contribution is 0.0487. The number of hydrogen-bond acceptors (Lipinski definition) is 2. The van der Waals surface area contributed by atoms with Crippen molar-refractivity contribution in [2.45, 2.75) is 31.1 Å². The summed E-state index contributed by atoms with van der Waals surface area (Å²) >= 11 is 0. The number of ether oxygens (including phenoxy) is 1. The second kappa shape index (κ2) is 9.88. The van der Waals surface area contributed by atoms with Gasteiger partial charge in [-0.2, -0.15) is 0 Å². The van der Waals surface area contributed by atoms with Crippen LogP contribution in [0.2, 0.25) is 0 Å². The maximum absolute atomic E-state index is 13.5. The van der Waals surface area contributed by atoms with Crippen LogP contribution in [0, 0.1) is 5.82 Å². The molecule has 3 aromatic rings. The lowest BCUT2D eigenvalue weighted by Crippen LogP contribution is -2.44. The van der Waals surface area contributed by atoms with Crippen molar-refractivity contribution in [1.82, 2.24) is 5.32 Å². The zero-order chi connectivity index (χ0) is 21.5. The quantitative estimate of drug-likeness (QED) is 0.582. The van der Waals surface area contributed by atoms with Crippen LogP contribution in [0.15, 0.2) is 78.9 Å². The van der Waals surface area contributed by atoms with Crippen LogP contribution in [0.25, 0.3) is 0 Å². The van der Waals surface area contributed by atoms with E-state index in [0.717, 1.165) is 42.4 Å². The van der Waals surface area contributed by atoms with E-state index in [9.17, 15) is 9.18 Å². The summed E-state index contributed by atoms with van der Waals surface area (Å²) in [7, 11) is 0. The average Bonchev–Trinajstić information content (AvgIpc) is 2.83. The van der Waals surface area contributed by atoms with Crippen LogP contribution in [-0.2, 0) is 23.0 Å². The number of rotatable bonds is 7. The molecule has 4 heteroatoms. The monoisotopic (exact) mass is 417 g/mol. The molecule has 0 unspecified atom stereocenters. The Labute approximate surface area is 183 Å². The third-order valence-corrected chi connectivity index (χ3v) is 6.28. The van der Waals surface area contributed by atoms with Crippen molar-refractivity contribution in [2.24, 2.45) is 0 Å². The zero-order valence-corrected chi connectivity index (χ0v) is 17.6. The highest BCUT2D eigenvalue weighted by molar-refractivity contribution is 5.95. The normalized spacial score (nSPS) is 15.4. The first kappa shape index (κ1) is 21.3. The topological polar surface area (TPSA) is 38.3 Å². The molecule has 1 aliphatic heterocycles. The Morgan fingerprint density at radius 1 is 0.871 bits per heavy atom. The van der Waals surface area contributed by atoms with Crippen molar-refractivity contribution in [2.75, 3.05) is 19.8 Å². The molecule has 1 fully saturated rings. The zero-order valence-electron chi connectivity index (χ0n) is 17.6. The van der Waals surface area contributed by atoms with E-state index in [1.165, 1.54) is 17.7 Å². The highest BCUT2D eigenvalue weighted by Gasteiger charge is 2.35. The minimum atomic E-state index is -0.248. The van der Waals surface area contributed by atoms with Crippen molar-refractivity contribution in [3.8, 4) is 0 Å². The second-order valence-corrected chi connectivity index (χ2v) is 8.23. The molecule has 0 spiro atoms. The van der Waals surface area contributed by atoms with Gasteiger partial charge in [0.25, 0.3) is 5.91 Å². The molecule has 160 valence electrons. The Morgan fingerprint density at radius 3 is 2.29 bits per heavy atom. The standard InChI is InChI=1S/C27H28FNO2/c28-24-14-12-23(13-15-24)27(16-18-31-19-17-27)20-29-26(30)25-9-5-4-8-22(25)11-10-21-6-2-1-3-7-21/h1-9,12-15H,10-11,16-20H2,(H,29,30). The summed E-state index contributed by atoms with van der Waals surface area (Å²) in [5.74, 6) is -0.307. The molecule has 0 aliphatic carbocycles. The van der Waals surface area contributed by atoms with E-state index in [2.05, 4.69) is 17.4 Å². The van der Waals surface area contributed by atoms with Crippen LogP contribution >= 0.6 is 0 Å². The minimum Gasteiger partial charge on any atom is -0.381 e. The van der Waals surface area contributed by atoms with Crippen LogP contribution < -0.4 is 5.32 Å². The summed E-state index contributed by atoms with van der Waals surface area (Å²) in [5.41, 5.74) is 3.84. The number of halogens is 1.